The van der Waals surface area contributed by atoms with Crippen LogP contribution in [0.25, 0.3) is 10.2 Å². The van der Waals surface area contributed by atoms with E-state index in [9.17, 15) is 0 Å². The molecule has 0 radical (unpaired) electrons. The first kappa shape index (κ1) is 13.7. The van der Waals surface area contributed by atoms with Crippen molar-refractivity contribution in [3.05, 3.63) is 23.1 Å². The van der Waals surface area contributed by atoms with Gasteiger partial charge in [-0.15, -0.1) is 21.5 Å². The maximum Gasteiger partial charge on any atom is 0.225 e. The van der Waals surface area contributed by atoms with E-state index in [4.69, 9.17) is 0 Å². The van der Waals surface area contributed by atoms with Gasteiger partial charge in [0.1, 0.15) is 17.0 Å². The van der Waals surface area contributed by atoms with Crippen molar-refractivity contribution in [1.82, 2.24) is 24.7 Å². The fourth-order valence-corrected chi connectivity index (χ4v) is 3.01. The fraction of sp³-hybridized carbons (Fsp3) is 0.385. The minimum atomic E-state index is 0.581. The Balaban J connectivity index is 1.92. The highest BCUT2D eigenvalue weighted by atomic mass is 32.1. The molecule has 3 aromatic heterocycles. The molecule has 0 unspecified atom stereocenters. The summed E-state index contributed by atoms with van der Waals surface area (Å²) in [5, 5.41) is 15.4. The van der Waals surface area contributed by atoms with Crippen molar-refractivity contribution in [3.63, 3.8) is 0 Å². The lowest BCUT2D eigenvalue weighted by atomic mass is 10.3. The van der Waals surface area contributed by atoms with Gasteiger partial charge >= 0.3 is 0 Å². The number of nitrogens with one attached hydrogen (secondary N) is 2. The zero-order valence-electron chi connectivity index (χ0n) is 12.2. The summed E-state index contributed by atoms with van der Waals surface area (Å²) in [4.78, 5) is 11.2. The SMILES string of the molecule is CCn1cnnc1CNc1nc(NC)nc2sc(C)cc12. The zero-order valence-corrected chi connectivity index (χ0v) is 13.0. The number of hydrogen-bond acceptors (Lipinski definition) is 7. The minimum absolute atomic E-state index is 0.581. The first-order valence-corrected chi connectivity index (χ1v) is 7.59. The van der Waals surface area contributed by atoms with Crippen LogP contribution in [0.4, 0.5) is 11.8 Å². The highest BCUT2D eigenvalue weighted by molar-refractivity contribution is 7.18. The van der Waals surface area contributed by atoms with Gasteiger partial charge in [0.2, 0.25) is 5.95 Å². The van der Waals surface area contributed by atoms with Crippen molar-refractivity contribution in [2.75, 3.05) is 17.7 Å². The third-order valence-electron chi connectivity index (χ3n) is 3.19. The van der Waals surface area contributed by atoms with Gasteiger partial charge in [-0.25, -0.2) is 4.98 Å². The Morgan fingerprint density at radius 1 is 1.33 bits per heavy atom. The third-order valence-corrected chi connectivity index (χ3v) is 4.13. The van der Waals surface area contributed by atoms with Crippen molar-refractivity contribution in [1.29, 1.82) is 0 Å². The van der Waals surface area contributed by atoms with E-state index in [2.05, 4.69) is 50.7 Å². The van der Waals surface area contributed by atoms with E-state index in [1.54, 1.807) is 17.7 Å². The molecule has 3 aromatic rings. The van der Waals surface area contributed by atoms with Crippen molar-refractivity contribution in [2.45, 2.75) is 26.9 Å². The lowest BCUT2D eigenvalue weighted by molar-refractivity contribution is 0.707. The van der Waals surface area contributed by atoms with E-state index >= 15 is 0 Å². The van der Waals surface area contributed by atoms with Crippen LogP contribution in [-0.4, -0.2) is 31.8 Å². The van der Waals surface area contributed by atoms with Crippen LogP contribution in [0.3, 0.4) is 0 Å². The Labute approximate surface area is 126 Å². The number of rotatable bonds is 5. The average molecular weight is 303 g/mol. The largest absolute Gasteiger partial charge is 0.362 e. The second-order valence-corrected chi connectivity index (χ2v) is 5.84. The van der Waals surface area contributed by atoms with Crippen LogP contribution in [0.5, 0.6) is 0 Å². The summed E-state index contributed by atoms with van der Waals surface area (Å²) in [5.74, 6) is 2.32. The summed E-state index contributed by atoms with van der Waals surface area (Å²) in [6, 6.07) is 2.10. The van der Waals surface area contributed by atoms with Crippen LogP contribution >= 0.6 is 11.3 Å². The molecule has 0 aliphatic heterocycles. The quantitative estimate of drug-likeness (QED) is 0.752. The smallest absolute Gasteiger partial charge is 0.225 e. The molecule has 0 bridgehead atoms. The van der Waals surface area contributed by atoms with Crippen LogP contribution in [0.1, 0.15) is 17.6 Å². The lowest BCUT2D eigenvalue weighted by Gasteiger charge is -2.08. The molecular weight excluding hydrogens is 286 g/mol. The lowest BCUT2D eigenvalue weighted by Crippen LogP contribution is -2.09. The molecule has 0 aliphatic carbocycles. The number of fused-ring (bicyclic) bond motifs is 1. The molecule has 0 fully saturated rings. The predicted octanol–water partition coefficient (Wildman–Crippen LogP) is 2.26. The minimum Gasteiger partial charge on any atom is -0.362 e. The van der Waals surface area contributed by atoms with Crippen molar-refractivity contribution < 1.29 is 0 Å². The Hall–Kier alpha value is -2.22. The molecule has 2 N–H and O–H groups in total. The first-order valence-electron chi connectivity index (χ1n) is 6.77. The number of nitrogens with zero attached hydrogens (tertiary/aromatic N) is 5. The number of aryl methyl sites for hydroxylation is 2. The van der Waals surface area contributed by atoms with Gasteiger partial charge in [-0.1, -0.05) is 0 Å². The maximum absolute atomic E-state index is 4.50. The second-order valence-electron chi connectivity index (χ2n) is 4.61. The molecule has 0 saturated heterocycles. The summed E-state index contributed by atoms with van der Waals surface area (Å²) in [5.41, 5.74) is 0. The third kappa shape index (κ3) is 2.66. The van der Waals surface area contributed by atoms with E-state index in [0.717, 1.165) is 28.4 Å². The van der Waals surface area contributed by atoms with Gasteiger partial charge in [-0.05, 0) is 19.9 Å². The maximum atomic E-state index is 4.50. The van der Waals surface area contributed by atoms with Crippen molar-refractivity contribution in [3.8, 4) is 0 Å². The molecule has 3 heterocycles. The molecule has 8 heteroatoms. The number of thiophene rings is 1. The van der Waals surface area contributed by atoms with Crippen molar-refractivity contribution >= 4 is 33.3 Å². The Kier molecular flexibility index (Phi) is 3.70. The predicted molar refractivity (Wildman–Crippen MR) is 84.7 cm³/mol. The van der Waals surface area contributed by atoms with E-state index < -0.39 is 0 Å². The summed E-state index contributed by atoms with van der Waals surface area (Å²) < 4.78 is 2.00. The van der Waals surface area contributed by atoms with E-state index in [1.807, 2.05) is 11.6 Å². The molecule has 0 spiro atoms. The molecule has 110 valence electrons. The molecule has 0 atom stereocenters. The normalized spacial score (nSPS) is 11.0. The monoisotopic (exact) mass is 303 g/mol. The van der Waals surface area contributed by atoms with Crippen LogP contribution in [0.2, 0.25) is 0 Å². The van der Waals surface area contributed by atoms with Gasteiger partial charge in [0.05, 0.1) is 11.9 Å². The van der Waals surface area contributed by atoms with Gasteiger partial charge in [-0.3, -0.25) is 0 Å². The summed E-state index contributed by atoms with van der Waals surface area (Å²) in [6.07, 6.45) is 1.74. The average Bonchev–Trinajstić information content (AvgIpc) is 3.09. The molecule has 7 nitrogen and oxygen atoms in total. The van der Waals surface area contributed by atoms with Gasteiger partial charge in [0.25, 0.3) is 0 Å². The van der Waals surface area contributed by atoms with Crippen molar-refractivity contribution in [2.24, 2.45) is 0 Å². The van der Waals surface area contributed by atoms with E-state index in [0.29, 0.717) is 12.5 Å². The first-order chi connectivity index (χ1) is 10.2. The van der Waals surface area contributed by atoms with Gasteiger partial charge in [0.15, 0.2) is 5.82 Å². The van der Waals surface area contributed by atoms with Crippen LogP contribution in [0, 0.1) is 6.92 Å². The molecule has 0 saturated carbocycles. The topological polar surface area (TPSA) is 80.5 Å². The van der Waals surface area contributed by atoms with Gasteiger partial charge < -0.3 is 15.2 Å². The molecule has 0 amide bonds. The Morgan fingerprint density at radius 3 is 2.95 bits per heavy atom. The van der Waals surface area contributed by atoms with Crippen LogP contribution in [0.15, 0.2) is 12.4 Å². The highest BCUT2D eigenvalue weighted by Gasteiger charge is 2.11. The molecule has 21 heavy (non-hydrogen) atoms. The number of anilines is 2. The van der Waals surface area contributed by atoms with Gasteiger partial charge in [-0.2, -0.15) is 4.98 Å². The molecule has 3 rings (SSSR count). The van der Waals surface area contributed by atoms with Gasteiger partial charge in [0, 0.05) is 18.5 Å². The van der Waals surface area contributed by atoms with E-state index in [-0.39, 0.29) is 0 Å². The molecule has 0 aliphatic rings. The fourth-order valence-electron chi connectivity index (χ4n) is 2.13. The zero-order chi connectivity index (χ0) is 14.8. The Bertz CT molecular complexity index is 761. The summed E-state index contributed by atoms with van der Waals surface area (Å²) >= 11 is 1.66. The Morgan fingerprint density at radius 2 is 2.19 bits per heavy atom. The van der Waals surface area contributed by atoms with Crippen LogP contribution in [-0.2, 0) is 13.1 Å². The van der Waals surface area contributed by atoms with Crippen LogP contribution < -0.4 is 10.6 Å². The molecular formula is C13H17N7S. The summed E-state index contributed by atoms with van der Waals surface area (Å²) in [7, 11) is 1.82. The number of hydrogen-bond donors (Lipinski definition) is 2. The summed E-state index contributed by atoms with van der Waals surface area (Å²) in [6.45, 7) is 5.57. The second kappa shape index (κ2) is 5.65. The standard InChI is InChI=1S/C13H17N7S/c1-4-20-7-16-19-10(20)6-15-11-9-5-8(2)21-12(9)18-13(14-3)17-11/h5,7H,4,6H2,1-3H3,(H2,14,15,17,18). The highest BCUT2D eigenvalue weighted by Crippen LogP contribution is 2.29. The number of aromatic nitrogens is 5. The molecule has 0 aromatic carbocycles. The van der Waals surface area contributed by atoms with E-state index in [1.165, 1.54) is 4.88 Å².